The van der Waals surface area contributed by atoms with Crippen LogP contribution in [0.3, 0.4) is 0 Å². The minimum absolute atomic E-state index is 0.00548. The summed E-state index contributed by atoms with van der Waals surface area (Å²) in [5, 5.41) is 7.18. The molecule has 0 atom stereocenters. The molecule has 0 bridgehead atoms. The summed E-state index contributed by atoms with van der Waals surface area (Å²) < 4.78 is 7.92. The summed E-state index contributed by atoms with van der Waals surface area (Å²) >= 11 is 3.34. The van der Waals surface area contributed by atoms with E-state index < -0.39 is 0 Å². The summed E-state index contributed by atoms with van der Waals surface area (Å²) in [7, 11) is 0. The van der Waals surface area contributed by atoms with Crippen LogP contribution in [0, 0.1) is 0 Å². The normalized spacial score (nSPS) is 10.8. The lowest BCUT2D eigenvalue weighted by molar-refractivity contribution is 0.221. The van der Waals surface area contributed by atoms with Gasteiger partial charge in [-0.05, 0) is 36.7 Å². The molecule has 0 saturated carbocycles. The van der Waals surface area contributed by atoms with Crippen LogP contribution >= 0.6 is 15.9 Å². The van der Waals surface area contributed by atoms with Gasteiger partial charge in [0.05, 0.1) is 16.8 Å². The number of aromatic nitrogens is 5. The zero-order valence-electron chi connectivity index (χ0n) is 11.0. The summed E-state index contributed by atoms with van der Waals surface area (Å²) in [5.74, 6) is 0.877. The van der Waals surface area contributed by atoms with Crippen LogP contribution in [-0.4, -0.2) is 37.4 Å². The summed E-state index contributed by atoms with van der Waals surface area (Å²) in [6.45, 7) is 6.52. The quantitative estimate of drug-likeness (QED) is 0.905. The summed E-state index contributed by atoms with van der Waals surface area (Å²) in [4.78, 5) is 12.7. The molecule has 0 saturated heterocycles. The number of nitrogens with one attached hydrogen (secondary N) is 1. The summed E-state index contributed by atoms with van der Waals surface area (Å²) in [5.41, 5.74) is 0. The Hall–Kier alpha value is -1.70. The standard InChI is InChI=1S/C11H15BrN6O/c1-4-13-9-15-10(18-6-8(12)5-14-18)17-11(16-9)19-7(2)3/h5-7H,4H2,1-3H3,(H,13,15,16,17). The van der Waals surface area contributed by atoms with Crippen molar-refractivity contribution in [2.75, 3.05) is 11.9 Å². The van der Waals surface area contributed by atoms with Crippen LogP contribution in [0.2, 0.25) is 0 Å². The molecule has 0 aliphatic carbocycles. The molecule has 0 radical (unpaired) electrons. The van der Waals surface area contributed by atoms with E-state index in [-0.39, 0.29) is 12.1 Å². The molecule has 0 aliphatic rings. The van der Waals surface area contributed by atoms with E-state index in [0.717, 1.165) is 4.47 Å². The maximum atomic E-state index is 5.52. The monoisotopic (exact) mass is 326 g/mol. The number of nitrogens with zero attached hydrogens (tertiary/aromatic N) is 5. The first-order valence-corrected chi connectivity index (χ1v) is 6.75. The van der Waals surface area contributed by atoms with E-state index in [2.05, 4.69) is 41.3 Å². The van der Waals surface area contributed by atoms with Crippen molar-refractivity contribution in [1.82, 2.24) is 24.7 Å². The molecule has 19 heavy (non-hydrogen) atoms. The molecule has 0 aromatic carbocycles. The molecule has 0 aliphatic heterocycles. The van der Waals surface area contributed by atoms with E-state index in [1.54, 1.807) is 17.1 Å². The number of halogens is 1. The van der Waals surface area contributed by atoms with Gasteiger partial charge in [-0.3, -0.25) is 0 Å². The van der Waals surface area contributed by atoms with E-state index in [1.165, 1.54) is 0 Å². The van der Waals surface area contributed by atoms with Gasteiger partial charge in [-0.2, -0.15) is 20.1 Å². The molecule has 0 spiro atoms. The van der Waals surface area contributed by atoms with Crippen LogP contribution in [0.25, 0.3) is 5.95 Å². The lowest BCUT2D eigenvalue weighted by atomic mass is 10.5. The molecule has 7 nitrogen and oxygen atoms in total. The summed E-state index contributed by atoms with van der Waals surface area (Å²) in [6.07, 6.45) is 3.43. The van der Waals surface area contributed by atoms with Crippen LogP contribution in [-0.2, 0) is 0 Å². The van der Waals surface area contributed by atoms with Crippen LogP contribution in [0.4, 0.5) is 5.95 Å². The van der Waals surface area contributed by atoms with E-state index in [1.807, 2.05) is 20.8 Å². The fraction of sp³-hybridized carbons (Fsp3) is 0.455. The second-order valence-corrected chi connectivity index (χ2v) is 4.96. The number of ether oxygens (including phenoxy) is 1. The third-order valence-corrected chi connectivity index (χ3v) is 2.44. The molecule has 1 N–H and O–H groups in total. The predicted molar refractivity (Wildman–Crippen MR) is 74.6 cm³/mol. The smallest absolute Gasteiger partial charge is 0.323 e. The van der Waals surface area contributed by atoms with Gasteiger partial charge in [0, 0.05) is 12.7 Å². The third-order valence-electron chi connectivity index (χ3n) is 2.04. The first-order chi connectivity index (χ1) is 9.08. The lowest BCUT2D eigenvalue weighted by Crippen LogP contribution is -2.14. The Bertz CT molecular complexity index is 556. The average molecular weight is 327 g/mol. The number of anilines is 1. The van der Waals surface area contributed by atoms with Gasteiger partial charge < -0.3 is 10.1 Å². The van der Waals surface area contributed by atoms with Crippen LogP contribution in [0.5, 0.6) is 6.01 Å². The van der Waals surface area contributed by atoms with Gasteiger partial charge in [-0.1, -0.05) is 0 Å². The fourth-order valence-corrected chi connectivity index (χ4v) is 1.64. The highest BCUT2D eigenvalue weighted by Gasteiger charge is 2.11. The minimum Gasteiger partial charge on any atom is -0.461 e. The average Bonchev–Trinajstić information content (AvgIpc) is 2.75. The van der Waals surface area contributed by atoms with Crippen molar-refractivity contribution in [2.24, 2.45) is 0 Å². The Morgan fingerprint density at radius 2 is 2.16 bits per heavy atom. The molecule has 8 heteroatoms. The Kier molecular flexibility index (Phi) is 4.31. The highest BCUT2D eigenvalue weighted by molar-refractivity contribution is 9.10. The third kappa shape index (κ3) is 3.63. The molecule has 0 fully saturated rings. The van der Waals surface area contributed by atoms with E-state index in [9.17, 15) is 0 Å². The molecule has 0 unspecified atom stereocenters. The van der Waals surface area contributed by atoms with Crippen LogP contribution in [0.1, 0.15) is 20.8 Å². The summed E-state index contributed by atoms with van der Waals surface area (Å²) in [6, 6.07) is 0.280. The number of rotatable bonds is 5. The van der Waals surface area contributed by atoms with Crippen molar-refractivity contribution in [3.8, 4) is 12.0 Å². The van der Waals surface area contributed by atoms with Crippen molar-refractivity contribution in [3.63, 3.8) is 0 Å². The van der Waals surface area contributed by atoms with Gasteiger partial charge in [0.15, 0.2) is 0 Å². The molecule has 2 aromatic heterocycles. The molecule has 102 valence electrons. The fourth-order valence-electron chi connectivity index (χ4n) is 1.36. The second kappa shape index (κ2) is 5.96. The zero-order valence-corrected chi connectivity index (χ0v) is 12.5. The highest BCUT2D eigenvalue weighted by atomic mass is 79.9. The van der Waals surface area contributed by atoms with E-state index >= 15 is 0 Å². The highest BCUT2D eigenvalue weighted by Crippen LogP contribution is 2.14. The number of hydrogen-bond donors (Lipinski definition) is 1. The van der Waals surface area contributed by atoms with Crippen molar-refractivity contribution in [1.29, 1.82) is 0 Å². The van der Waals surface area contributed by atoms with Gasteiger partial charge in [0.25, 0.3) is 5.95 Å². The molecule has 2 heterocycles. The Balaban J connectivity index is 2.38. The molecule has 0 amide bonds. The Morgan fingerprint density at radius 3 is 2.74 bits per heavy atom. The SMILES string of the molecule is CCNc1nc(OC(C)C)nc(-n2cc(Br)cn2)n1. The maximum Gasteiger partial charge on any atom is 0.323 e. The van der Waals surface area contributed by atoms with Gasteiger partial charge in [-0.25, -0.2) is 4.68 Å². The van der Waals surface area contributed by atoms with Gasteiger partial charge in [-0.15, -0.1) is 0 Å². The zero-order chi connectivity index (χ0) is 13.8. The number of hydrogen-bond acceptors (Lipinski definition) is 6. The molecule has 2 aromatic rings. The van der Waals surface area contributed by atoms with Crippen molar-refractivity contribution in [2.45, 2.75) is 26.9 Å². The van der Waals surface area contributed by atoms with Crippen molar-refractivity contribution in [3.05, 3.63) is 16.9 Å². The second-order valence-electron chi connectivity index (χ2n) is 4.04. The Morgan fingerprint density at radius 1 is 1.37 bits per heavy atom. The van der Waals surface area contributed by atoms with Gasteiger partial charge in [0.2, 0.25) is 5.95 Å². The maximum absolute atomic E-state index is 5.52. The van der Waals surface area contributed by atoms with Gasteiger partial charge in [0.1, 0.15) is 0 Å². The van der Waals surface area contributed by atoms with Crippen molar-refractivity contribution >= 4 is 21.9 Å². The Labute approximate surface area is 119 Å². The largest absolute Gasteiger partial charge is 0.461 e. The van der Waals surface area contributed by atoms with Crippen LogP contribution < -0.4 is 10.1 Å². The van der Waals surface area contributed by atoms with Crippen LogP contribution in [0.15, 0.2) is 16.9 Å². The minimum atomic E-state index is -0.00548. The van der Waals surface area contributed by atoms with Gasteiger partial charge >= 0.3 is 6.01 Å². The first kappa shape index (κ1) is 13.7. The topological polar surface area (TPSA) is 77.8 Å². The molecule has 2 rings (SSSR count). The molecular weight excluding hydrogens is 312 g/mol. The first-order valence-electron chi connectivity index (χ1n) is 5.95. The molecular formula is C11H15BrN6O. The van der Waals surface area contributed by atoms with E-state index in [0.29, 0.717) is 18.4 Å². The lowest BCUT2D eigenvalue weighted by Gasteiger charge is -2.10. The predicted octanol–water partition coefficient (Wildman–Crippen LogP) is 2.04. The van der Waals surface area contributed by atoms with Crippen molar-refractivity contribution < 1.29 is 4.74 Å². The van der Waals surface area contributed by atoms with E-state index in [4.69, 9.17) is 4.74 Å².